The Morgan fingerprint density at radius 2 is 2.24 bits per heavy atom. The van der Waals surface area contributed by atoms with Crippen molar-refractivity contribution in [3.8, 4) is 0 Å². The van der Waals surface area contributed by atoms with Gasteiger partial charge in [-0.1, -0.05) is 25.8 Å². The number of nitro benzene ring substituents is 1. The van der Waals surface area contributed by atoms with E-state index in [-0.39, 0.29) is 11.6 Å². The van der Waals surface area contributed by atoms with E-state index < -0.39 is 10.5 Å². The zero-order valence-electron chi connectivity index (χ0n) is 12.4. The van der Waals surface area contributed by atoms with Crippen molar-refractivity contribution in [2.45, 2.75) is 45.1 Å². The Kier molecular flexibility index (Phi) is 4.27. The molecule has 1 aliphatic carbocycles. The van der Waals surface area contributed by atoms with Crippen LogP contribution in [-0.2, 0) is 4.79 Å². The highest BCUT2D eigenvalue weighted by atomic mass is 16.6. The van der Waals surface area contributed by atoms with Crippen molar-refractivity contribution >= 4 is 17.3 Å². The Bertz CT molecular complexity index is 573. The van der Waals surface area contributed by atoms with Gasteiger partial charge >= 0.3 is 0 Å². The summed E-state index contributed by atoms with van der Waals surface area (Å²) in [6, 6.07) is 4.67. The van der Waals surface area contributed by atoms with Gasteiger partial charge in [0.2, 0.25) is 5.91 Å². The van der Waals surface area contributed by atoms with Crippen LogP contribution < -0.4 is 11.1 Å². The molecule has 2 unspecified atom stereocenters. The molecule has 2 rings (SSSR count). The lowest BCUT2D eigenvalue weighted by Gasteiger charge is -2.35. The monoisotopic (exact) mass is 291 g/mol. The lowest BCUT2D eigenvalue weighted by atomic mass is 9.76. The molecule has 114 valence electrons. The standard InChI is InChI=1S/C15H21N3O3/c1-10-4-3-7-15(16,9-10)14(19)17-12-6-5-11(2)13(8-12)18(20)21/h5-6,8,10H,3-4,7,9,16H2,1-2H3,(H,17,19). The smallest absolute Gasteiger partial charge is 0.274 e. The fourth-order valence-electron chi connectivity index (χ4n) is 2.94. The van der Waals surface area contributed by atoms with Crippen LogP contribution in [0.15, 0.2) is 18.2 Å². The zero-order chi connectivity index (χ0) is 15.6. The highest BCUT2D eigenvalue weighted by molar-refractivity contribution is 5.98. The number of carbonyl (C=O) groups excluding carboxylic acids is 1. The van der Waals surface area contributed by atoms with Crippen molar-refractivity contribution < 1.29 is 9.72 Å². The van der Waals surface area contributed by atoms with Crippen LogP contribution in [0.3, 0.4) is 0 Å². The summed E-state index contributed by atoms with van der Waals surface area (Å²) in [4.78, 5) is 22.9. The number of hydrogen-bond acceptors (Lipinski definition) is 4. The molecule has 0 radical (unpaired) electrons. The maximum atomic E-state index is 12.4. The van der Waals surface area contributed by atoms with Gasteiger partial charge in [0.1, 0.15) is 0 Å². The first-order valence-electron chi connectivity index (χ1n) is 7.17. The molecule has 6 heteroatoms. The summed E-state index contributed by atoms with van der Waals surface area (Å²) in [6.07, 6.45) is 3.31. The van der Waals surface area contributed by atoms with Crippen LogP contribution in [0.1, 0.15) is 38.2 Å². The van der Waals surface area contributed by atoms with Crippen LogP contribution in [0.2, 0.25) is 0 Å². The Balaban J connectivity index is 2.16. The molecule has 3 N–H and O–H groups in total. The van der Waals surface area contributed by atoms with E-state index in [0.29, 0.717) is 30.0 Å². The Morgan fingerprint density at radius 3 is 2.86 bits per heavy atom. The van der Waals surface area contributed by atoms with Crippen molar-refractivity contribution in [3.05, 3.63) is 33.9 Å². The minimum Gasteiger partial charge on any atom is -0.324 e. The number of hydrogen-bond donors (Lipinski definition) is 2. The third kappa shape index (κ3) is 3.39. The molecule has 1 aromatic rings. The van der Waals surface area contributed by atoms with Crippen LogP contribution in [0.25, 0.3) is 0 Å². The van der Waals surface area contributed by atoms with Crippen LogP contribution in [0.4, 0.5) is 11.4 Å². The predicted molar refractivity (Wildman–Crippen MR) is 81.0 cm³/mol. The highest BCUT2D eigenvalue weighted by Crippen LogP contribution is 2.32. The van der Waals surface area contributed by atoms with E-state index in [1.54, 1.807) is 19.1 Å². The zero-order valence-corrected chi connectivity index (χ0v) is 12.4. The van der Waals surface area contributed by atoms with Crippen LogP contribution in [-0.4, -0.2) is 16.4 Å². The number of rotatable bonds is 3. The predicted octanol–water partition coefficient (Wildman–Crippen LogP) is 2.75. The number of amides is 1. The number of aryl methyl sites for hydroxylation is 1. The molecule has 6 nitrogen and oxygen atoms in total. The maximum absolute atomic E-state index is 12.4. The van der Waals surface area contributed by atoms with Gasteiger partial charge in [-0.05, 0) is 31.7 Å². The molecule has 2 atom stereocenters. The number of nitro groups is 1. The molecule has 0 bridgehead atoms. The van der Waals surface area contributed by atoms with Crippen LogP contribution in [0.5, 0.6) is 0 Å². The Morgan fingerprint density at radius 1 is 1.52 bits per heavy atom. The highest BCUT2D eigenvalue weighted by Gasteiger charge is 2.38. The normalized spacial score (nSPS) is 25.4. The maximum Gasteiger partial charge on any atom is 0.274 e. The van der Waals surface area contributed by atoms with Gasteiger partial charge in [0.25, 0.3) is 5.69 Å². The van der Waals surface area contributed by atoms with Crippen molar-refractivity contribution in [2.24, 2.45) is 11.7 Å². The average Bonchev–Trinajstić information content (AvgIpc) is 2.40. The molecule has 0 aromatic heterocycles. The van der Waals surface area contributed by atoms with Gasteiger partial charge in [-0.2, -0.15) is 0 Å². The SMILES string of the molecule is Cc1ccc(NC(=O)C2(N)CCCC(C)C2)cc1[N+](=O)[O-]. The van der Waals surface area contributed by atoms with Crippen molar-refractivity contribution in [1.29, 1.82) is 0 Å². The number of anilines is 1. The number of nitrogens with zero attached hydrogens (tertiary/aromatic N) is 1. The number of nitrogens with two attached hydrogens (primary N) is 1. The topological polar surface area (TPSA) is 98.3 Å². The number of nitrogens with one attached hydrogen (secondary N) is 1. The summed E-state index contributed by atoms with van der Waals surface area (Å²) in [5, 5.41) is 13.7. The third-order valence-electron chi connectivity index (χ3n) is 4.15. The molecule has 1 aliphatic rings. The summed E-state index contributed by atoms with van der Waals surface area (Å²) >= 11 is 0. The van der Waals surface area contributed by atoms with E-state index in [2.05, 4.69) is 12.2 Å². The van der Waals surface area contributed by atoms with Gasteiger partial charge in [-0.25, -0.2) is 0 Å². The van der Waals surface area contributed by atoms with Crippen LogP contribution >= 0.6 is 0 Å². The second kappa shape index (κ2) is 5.81. The van der Waals surface area contributed by atoms with Crippen molar-refractivity contribution in [2.75, 3.05) is 5.32 Å². The van der Waals surface area contributed by atoms with Gasteiger partial charge in [-0.3, -0.25) is 14.9 Å². The summed E-state index contributed by atoms with van der Waals surface area (Å²) < 4.78 is 0. The van der Waals surface area contributed by atoms with Gasteiger partial charge in [0.15, 0.2) is 0 Å². The summed E-state index contributed by atoms with van der Waals surface area (Å²) in [6.45, 7) is 3.75. The molecule has 0 spiro atoms. The van der Waals surface area contributed by atoms with Gasteiger partial charge < -0.3 is 11.1 Å². The second-order valence-corrected chi connectivity index (χ2v) is 6.07. The average molecular weight is 291 g/mol. The molecule has 1 aromatic carbocycles. The van der Waals surface area contributed by atoms with E-state index in [1.807, 2.05) is 0 Å². The molecule has 21 heavy (non-hydrogen) atoms. The quantitative estimate of drug-likeness (QED) is 0.660. The van der Waals surface area contributed by atoms with E-state index in [4.69, 9.17) is 5.73 Å². The van der Waals surface area contributed by atoms with Crippen molar-refractivity contribution in [1.82, 2.24) is 0 Å². The second-order valence-electron chi connectivity index (χ2n) is 6.07. The lowest BCUT2D eigenvalue weighted by Crippen LogP contribution is -2.53. The van der Waals surface area contributed by atoms with E-state index in [0.717, 1.165) is 12.8 Å². The summed E-state index contributed by atoms with van der Waals surface area (Å²) in [7, 11) is 0. The fourth-order valence-corrected chi connectivity index (χ4v) is 2.94. The molecule has 1 amide bonds. The van der Waals surface area contributed by atoms with Crippen LogP contribution in [0, 0.1) is 23.0 Å². The lowest BCUT2D eigenvalue weighted by molar-refractivity contribution is -0.385. The molecular formula is C15H21N3O3. The Hall–Kier alpha value is -1.95. The van der Waals surface area contributed by atoms with Gasteiger partial charge in [0, 0.05) is 17.3 Å². The van der Waals surface area contributed by atoms with E-state index in [9.17, 15) is 14.9 Å². The van der Waals surface area contributed by atoms with Crippen molar-refractivity contribution in [3.63, 3.8) is 0 Å². The van der Waals surface area contributed by atoms with Gasteiger partial charge in [-0.15, -0.1) is 0 Å². The minimum absolute atomic E-state index is 0.00381. The first kappa shape index (κ1) is 15.4. The summed E-state index contributed by atoms with van der Waals surface area (Å²) in [5.74, 6) is 0.161. The fraction of sp³-hybridized carbons (Fsp3) is 0.533. The molecular weight excluding hydrogens is 270 g/mol. The number of benzene rings is 1. The molecule has 0 heterocycles. The van der Waals surface area contributed by atoms with Gasteiger partial charge in [0.05, 0.1) is 10.5 Å². The molecule has 1 saturated carbocycles. The number of carbonyl (C=O) groups is 1. The Labute approximate surface area is 123 Å². The minimum atomic E-state index is -0.878. The molecule has 0 saturated heterocycles. The van der Waals surface area contributed by atoms with E-state index in [1.165, 1.54) is 6.07 Å². The molecule has 1 fully saturated rings. The first-order chi connectivity index (χ1) is 9.82. The largest absolute Gasteiger partial charge is 0.324 e. The molecule has 0 aliphatic heterocycles. The first-order valence-corrected chi connectivity index (χ1v) is 7.17. The summed E-state index contributed by atoms with van der Waals surface area (Å²) in [5.41, 5.74) is 6.32. The third-order valence-corrected chi connectivity index (χ3v) is 4.15. The van der Waals surface area contributed by atoms with E-state index >= 15 is 0 Å².